The fourth-order valence-electron chi connectivity index (χ4n) is 3.97. The zero-order valence-electron chi connectivity index (χ0n) is 17.6. The molecule has 8 heteroatoms. The zero-order valence-corrected chi connectivity index (χ0v) is 17.6. The van der Waals surface area contributed by atoms with Crippen LogP contribution in [0, 0.1) is 0 Å². The molecule has 1 fully saturated rings. The van der Waals surface area contributed by atoms with E-state index >= 15 is 0 Å². The number of fused-ring (bicyclic) bond motifs is 1. The van der Waals surface area contributed by atoms with Crippen molar-refractivity contribution in [3.05, 3.63) is 53.9 Å². The summed E-state index contributed by atoms with van der Waals surface area (Å²) in [5, 5.41) is 10.8. The largest absolute Gasteiger partial charge is 0.486 e. The highest BCUT2D eigenvalue weighted by molar-refractivity contribution is 5.66. The van der Waals surface area contributed by atoms with Gasteiger partial charge < -0.3 is 24.4 Å². The Hall–Kier alpha value is -3.10. The van der Waals surface area contributed by atoms with Gasteiger partial charge in [-0.15, -0.1) is 0 Å². The van der Waals surface area contributed by atoms with Gasteiger partial charge in [-0.2, -0.15) is 5.10 Å². The third kappa shape index (κ3) is 4.50. The lowest BCUT2D eigenvalue weighted by Gasteiger charge is -2.32. The first kappa shape index (κ1) is 19.8. The third-order valence-electron chi connectivity index (χ3n) is 5.57. The Morgan fingerprint density at radius 1 is 1.06 bits per heavy atom. The van der Waals surface area contributed by atoms with E-state index in [0.29, 0.717) is 19.8 Å². The van der Waals surface area contributed by atoms with Crippen LogP contribution in [0.2, 0.25) is 0 Å². The lowest BCUT2D eigenvalue weighted by Crippen LogP contribution is -2.41. The van der Waals surface area contributed by atoms with Crippen LogP contribution in [0.25, 0.3) is 11.3 Å². The molecule has 0 bridgehead atoms. The summed E-state index contributed by atoms with van der Waals surface area (Å²) in [7, 11) is 0. The number of nitrogens with one attached hydrogen (secondary N) is 2. The van der Waals surface area contributed by atoms with E-state index in [0.717, 1.165) is 65.9 Å². The van der Waals surface area contributed by atoms with E-state index in [2.05, 4.69) is 44.5 Å². The summed E-state index contributed by atoms with van der Waals surface area (Å²) in [5.74, 6) is 2.57. The number of pyridine rings is 1. The van der Waals surface area contributed by atoms with E-state index in [1.54, 1.807) is 0 Å². The first-order valence-electron chi connectivity index (χ1n) is 10.7. The van der Waals surface area contributed by atoms with Gasteiger partial charge in [0.25, 0.3) is 0 Å². The molecule has 0 saturated carbocycles. The second kappa shape index (κ2) is 8.95. The summed E-state index contributed by atoms with van der Waals surface area (Å²) in [6.45, 7) is 7.22. The van der Waals surface area contributed by atoms with Gasteiger partial charge in [0.15, 0.2) is 11.5 Å². The molecule has 1 saturated heterocycles. The summed E-state index contributed by atoms with van der Waals surface area (Å²) in [5.41, 5.74) is 4.27. The highest BCUT2D eigenvalue weighted by Gasteiger charge is 2.18. The zero-order chi connectivity index (χ0) is 21.0. The van der Waals surface area contributed by atoms with E-state index in [-0.39, 0.29) is 6.10 Å². The summed E-state index contributed by atoms with van der Waals surface area (Å²) < 4.78 is 16.9. The molecule has 4 heterocycles. The van der Waals surface area contributed by atoms with Crippen LogP contribution < -0.4 is 19.7 Å². The van der Waals surface area contributed by atoms with Crippen molar-refractivity contribution in [3.63, 3.8) is 0 Å². The van der Waals surface area contributed by atoms with Crippen molar-refractivity contribution in [2.24, 2.45) is 0 Å². The van der Waals surface area contributed by atoms with Crippen molar-refractivity contribution in [2.75, 3.05) is 37.8 Å². The fraction of sp³-hybridized carbons (Fsp3) is 0.391. The Balaban J connectivity index is 1.19. The number of hydrogen-bond donors (Lipinski definition) is 2. The highest BCUT2D eigenvalue weighted by atomic mass is 16.6. The number of H-pyrrole nitrogens is 1. The normalized spacial score (nSPS) is 18.2. The molecule has 0 aliphatic carbocycles. The van der Waals surface area contributed by atoms with Crippen LogP contribution in [0.15, 0.2) is 42.7 Å². The molecule has 2 N–H and O–H groups in total. The molecule has 1 atom stereocenters. The summed E-state index contributed by atoms with van der Waals surface area (Å²) in [4.78, 5) is 6.92. The molecule has 2 aliphatic heterocycles. The standard InChI is InChI=1S/C23H27N5O3/c1-16-15-28(6-7-29-16)22-5-2-17(12-25-22)11-24-13-19-14-26-27-23(19)18-3-4-20-21(10-18)31-9-8-30-20/h2-5,10,12,14,16,24H,6-9,11,13,15H2,1H3,(H,26,27). The van der Waals surface area contributed by atoms with E-state index in [4.69, 9.17) is 14.2 Å². The molecular weight excluding hydrogens is 394 g/mol. The minimum atomic E-state index is 0.246. The molecule has 2 aromatic heterocycles. The van der Waals surface area contributed by atoms with Crippen LogP contribution in [0.1, 0.15) is 18.1 Å². The maximum absolute atomic E-state index is 5.71. The van der Waals surface area contributed by atoms with Crippen molar-refractivity contribution in [2.45, 2.75) is 26.1 Å². The molecule has 8 nitrogen and oxygen atoms in total. The maximum atomic E-state index is 5.71. The summed E-state index contributed by atoms with van der Waals surface area (Å²) in [6.07, 6.45) is 4.05. The fourth-order valence-corrected chi connectivity index (χ4v) is 3.97. The van der Waals surface area contributed by atoms with Gasteiger partial charge in [0, 0.05) is 43.5 Å². The number of aromatic amines is 1. The predicted octanol–water partition coefficient (Wildman–Crippen LogP) is 2.76. The quantitative estimate of drug-likeness (QED) is 0.633. The van der Waals surface area contributed by atoms with Gasteiger partial charge in [0.1, 0.15) is 19.0 Å². The number of morpholine rings is 1. The second-order valence-corrected chi connectivity index (χ2v) is 7.88. The van der Waals surface area contributed by atoms with E-state index in [1.165, 1.54) is 0 Å². The van der Waals surface area contributed by atoms with Gasteiger partial charge in [0.2, 0.25) is 0 Å². The van der Waals surface area contributed by atoms with Gasteiger partial charge in [-0.1, -0.05) is 6.07 Å². The molecule has 0 radical (unpaired) electrons. The molecule has 31 heavy (non-hydrogen) atoms. The Labute approximate surface area is 181 Å². The van der Waals surface area contributed by atoms with Crippen LogP contribution in [0.5, 0.6) is 11.5 Å². The average Bonchev–Trinajstić information content (AvgIpc) is 3.28. The Bertz CT molecular complexity index is 1020. The molecular formula is C23H27N5O3. The van der Waals surface area contributed by atoms with Crippen molar-refractivity contribution in [1.82, 2.24) is 20.5 Å². The van der Waals surface area contributed by atoms with Crippen LogP contribution >= 0.6 is 0 Å². The Morgan fingerprint density at radius 2 is 1.97 bits per heavy atom. The molecule has 1 unspecified atom stereocenters. The van der Waals surface area contributed by atoms with Crippen molar-refractivity contribution in [1.29, 1.82) is 0 Å². The number of nitrogens with zero attached hydrogens (tertiary/aromatic N) is 3. The molecule has 1 aromatic carbocycles. The van der Waals surface area contributed by atoms with Crippen LogP contribution in [0.4, 0.5) is 5.82 Å². The molecule has 162 valence electrons. The number of rotatable bonds is 6. The maximum Gasteiger partial charge on any atom is 0.162 e. The first-order valence-corrected chi connectivity index (χ1v) is 10.7. The van der Waals surface area contributed by atoms with Gasteiger partial charge in [0.05, 0.1) is 24.6 Å². The number of anilines is 1. The number of aromatic nitrogens is 3. The van der Waals surface area contributed by atoms with Crippen LogP contribution in [-0.2, 0) is 17.8 Å². The van der Waals surface area contributed by atoms with Gasteiger partial charge in [-0.05, 0) is 36.8 Å². The number of hydrogen-bond acceptors (Lipinski definition) is 7. The average molecular weight is 422 g/mol. The molecule has 0 amide bonds. The minimum Gasteiger partial charge on any atom is -0.486 e. The second-order valence-electron chi connectivity index (χ2n) is 7.88. The molecule has 5 rings (SSSR count). The van der Waals surface area contributed by atoms with Crippen molar-refractivity contribution < 1.29 is 14.2 Å². The van der Waals surface area contributed by atoms with E-state index in [1.807, 2.05) is 30.6 Å². The number of benzene rings is 1. The summed E-state index contributed by atoms with van der Waals surface area (Å²) in [6, 6.07) is 10.2. The van der Waals surface area contributed by atoms with Crippen molar-refractivity contribution >= 4 is 5.82 Å². The predicted molar refractivity (Wildman–Crippen MR) is 117 cm³/mol. The van der Waals surface area contributed by atoms with Gasteiger partial charge >= 0.3 is 0 Å². The molecule has 3 aromatic rings. The van der Waals surface area contributed by atoms with Crippen molar-refractivity contribution in [3.8, 4) is 22.8 Å². The monoisotopic (exact) mass is 421 g/mol. The third-order valence-corrected chi connectivity index (χ3v) is 5.57. The van der Waals surface area contributed by atoms with Crippen LogP contribution in [0.3, 0.4) is 0 Å². The topological polar surface area (TPSA) is 84.5 Å². The smallest absolute Gasteiger partial charge is 0.162 e. The number of ether oxygens (including phenoxy) is 3. The first-order chi connectivity index (χ1) is 15.3. The van der Waals surface area contributed by atoms with E-state index in [9.17, 15) is 0 Å². The van der Waals surface area contributed by atoms with Gasteiger partial charge in [-0.25, -0.2) is 4.98 Å². The van der Waals surface area contributed by atoms with Gasteiger partial charge in [-0.3, -0.25) is 5.10 Å². The SMILES string of the molecule is CC1CN(c2ccc(CNCc3cn[nH]c3-c3ccc4c(c3)OCCO4)cn2)CCO1. The minimum absolute atomic E-state index is 0.246. The molecule has 0 spiro atoms. The van der Waals surface area contributed by atoms with Crippen LogP contribution in [-0.4, -0.2) is 54.2 Å². The lowest BCUT2D eigenvalue weighted by molar-refractivity contribution is 0.0529. The Morgan fingerprint density at radius 3 is 2.81 bits per heavy atom. The lowest BCUT2D eigenvalue weighted by atomic mass is 10.1. The Kier molecular flexibility index (Phi) is 5.73. The highest BCUT2D eigenvalue weighted by Crippen LogP contribution is 2.34. The summed E-state index contributed by atoms with van der Waals surface area (Å²) >= 11 is 0. The molecule has 2 aliphatic rings. The van der Waals surface area contributed by atoms with E-state index < -0.39 is 0 Å².